The highest BCUT2D eigenvalue weighted by Crippen LogP contribution is 2.25. The summed E-state index contributed by atoms with van der Waals surface area (Å²) in [5.74, 6) is -0.990. The van der Waals surface area contributed by atoms with Gasteiger partial charge in [0.25, 0.3) is 5.91 Å². The van der Waals surface area contributed by atoms with Crippen LogP contribution in [-0.4, -0.2) is 26.5 Å². The normalized spacial score (nSPS) is 11.1. The minimum Gasteiger partial charge on any atom is -0.370 e. The van der Waals surface area contributed by atoms with Gasteiger partial charge in [-0.1, -0.05) is 13.0 Å². The van der Waals surface area contributed by atoms with E-state index in [0.717, 1.165) is 6.26 Å². The van der Waals surface area contributed by atoms with Gasteiger partial charge in [0.2, 0.25) is 0 Å². The zero-order valence-corrected chi connectivity index (χ0v) is 11.9. The lowest BCUT2D eigenvalue weighted by molar-refractivity contribution is 0.100. The fraction of sp³-hybridized carbons (Fsp3) is 0.333. The Kier molecular flexibility index (Phi) is 4.31. The van der Waals surface area contributed by atoms with Gasteiger partial charge in [0.1, 0.15) is 0 Å². The van der Waals surface area contributed by atoms with Gasteiger partial charge in [0.15, 0.2) is 15.8 Å². The summed E-state index contributed by atoms with van der Waals surface area (Å²) < 4.78 is 23.7. The standard InChI is InChI=1S/C12H17N3O3S/c1-4-8-9(11(16)15-12(13)14)6-5-7(2)10(8)19(3,17)18/h5-6H,4H2,1-3H3,(H4,13,14,15,16). The van der Waals surface area contributed by atoms with Crippen LogP contribution in [0.1, 0.15) is 28.4 Å². The molecule has 0 aliphatic carbocycles. The summed E-state index contributed by atoms with van der Waals surface area (Å²) in [5, 5.41) is 0. The second kappa shape index (κ2) is 5.40. The summed E-state index contributed by atoms with van der Waals surface area (Å²) in [5.41, 5.74) is 11.6. The third-order valence-electron chi connectivity index (χ3n) is 2.64. The molecule has 1 rings (SSSR count). The van der Waals surface area contributed by atoms with Crippen LogP contribution in [0.25, 0.3) is 0 Å². The van der Waals surface area contributed by atoms with Gasteiger partial charge >= 0.3 is 0 Å². The molecule has 6 nitrogen and oxygen atoms in total. The Morgan fingerprint density at radius 3 is 2.32 bits per heavy atom. The average molecular weight is 283 g/mol. The van der Waals surface area contributed by atoms with Crippen molar-refractivity contribution < 1.29 is 13.2 Å². The number of amides is 1. The van der Waals surface area contributed by atoms with E-state index in [2.05, 4.69) is 4.99 Å². The van der Waals surface area contributed by atoms with Gasteiger partial charge < -0.3 is 11.5 Å². The van der Waals surface area contributed by atoms with Crippen LogP contribution in [0.15, 0.2) is 22.0 Å². The van der Waals surface area contributed by atoms with Crippen molar-refractivity contribution >= 4 is 21.7 Å². The molecule has 104 valence electrons. The number of hydrogen-bond donors (Lipinski definition) is 2. The zero-order chi connectivity index (χ0) is 14.8. The fourth-order valence-electron chi connectivity index (χ4n) is 1.99. The molecular formula is C12H17N3O3S. The maximum absolute atomic E-state index is 11.9. The van der Waals surface area contributed by atoms with Gasteiger partial charge in [-0.05, 0) is 30.5 Å². The van der Waals surface area contributed by atoms with E-state index >= 15 is 0 Å². The van der Waals surface area contributed by atoms with Crippen molar-refractivity contribution in [2.75, 3.05) is 6.26 Å². The smallest absolute Gasteiger partial charge is 0.280 e. The topological polar surface area (TPSA) is 116 Å². The van der Waals surface area contributed by atoms with Gasteiger partial charge in [-0.2, -0.15) is 4.99 Å². The van der Waals surface area contributed by atoms with Crippen molar-refractivity contribution in [3.63, 3.8) is 0 Å². The lowest BCUT2D eigenvalue weighted by Gasteiger charge is -2.13. The number of benzene rings is 1. The molecule has 0 radical (unpaired) electrons. The van der Waals surface area contributed by atoms with Crippen LogP contribution in [0.4, 0.5) is 0 Å². The number of guanidine groups is 1. The molecule has 0 aliphatic rings. The molecule has 1 aromatic carbocycles. The predicted molar refractivity (Wildman–Crippen MR) is 73.8 cm³/mol. The van der Waals surface area contributed by atoms with Crippen LogP contribution >= 0.6 is 0 Å². The first-order valence-corrected chi connectivity index (χ1v) is 7.54. The summed E-state index contributed by atoms with van der Waals surface area (Å²) in [6, 6.07) is 3.11. The van der Waals surface area contributed by atoms with E-state index in [0.29, 0.717) is 17.5 Å². The van der Waals surface area contributed by atoms with Gasteiger partial charge in [0.05, 0.1) is 4.90 Å². The van der Waals surface area contributed by atoms with E-state index in [9.17, 15) is 13.2 Å². The van der Waals surface area contributed by atoms with Crippen molar-refractivity contribution in [2.45, 2.75) is 25.2 Å². The number of aryl methyl sites for hydroxylation is 1. The molecule has 0 fully saturated rings. The van der Waals surface area contributed by atoms with Crippen LogP contribution in [0, 0.1) is 6.92 Å². The molecule has 0 atom stereocenters. The van der Waals surface area contributed by atoms with Crippen LogP contribution in [0.3, 0.4) is 0 Å². The number of rotatable bonds is 3. The molecule has 7 heteroatoms. The molecule has 19 heavy (non-hydrogen) atoms. The highest BCUT2D eigenvalue weighted by molar-refractivity contribution is 7.90. The minimum absolute atomic E-state index is 0.173. The summed E-state index contributed by atoms with van der Waals surface area (Å²) in [6.45, 7) is 3.46. The lowest BCUT2D eigenvalue weighted by atomic mass is 10.0. The van der Waals surface area contributed by atoms with E-state index < -0.39 is 15.7 Å². The number of nitrogens with zero attached hydrogens (tertiary/aromatic N) is 1. The average Bonchev–Trinajstić information content (AvgIpc) is 2.25. The second-order valence-electron chi connectivity index (χ2n) is 4.21. The van der Waals surface area contributed by atoms with Crippen LogP contribution < -0.4 is 11.5 Å². The minimum atomic E-state index is -3.42. The number of sulfone groups is 1. The van der Waals surface area contributed by atoms with Crippen molar-refractivity contribution in [1.29, 1.82) is 0 Å². The third-order valence-corrected chi connectivity index (χ3v) is 3.95. The molecule has 0 aliphatic heterocycles. The number of carbonyl (C=O) groups is 1. The number of aliphatic imine (C=N–C) groups is 1. The Balaban J connectivity index is 3.62. The molecule has 0 spiro atoms. The van der Waals surface area contributed by atoms with Gasteiger partial charge in [-0.3, -0.25) is 4.79 Å². The summed E-state index contributed by atoms with van der Waals surface area (Å²) in [4.78, 5) is 15.5. The predicted octanol–water partition coefficient (Wildman–Crippen LogP) is 0.375. The first kappa shape index (κ1) is 15.2. The molecule has 1 aromatic rings. The Bertz CT molecular complexity index is 644. The van der Waals surface area contributed by atoms with Crippen molar-refractivity contribution in [3.8, 4) is 0 Å². The largest absolute Gasteiger partial charge is 0.370 e. The van der Waals surface area contributed by atoms with E-state index in [1.807, 2.05) is 0 Å². The van der Waals surface area contributed by atoms with Crippen LogP contribution in [0.5, 0.6) is 0 Å². The Morgan fingerprint density at radius 2 is 1.89 bits per heavy atom. The quantitative estimate of drug-likeness (QED) is 0.614. The first-order valence-electron chi connectivity index (χ1n) is 5.65. The monoisotopic (exact) mass is 283 g/mol. The molecule has 4 N–H and O–H groups in total. The second-order valence-corrected chi connectivity index (χ2v) is 6.16. The SMILES string of the molecule is CCc1c(C(=O)N=C(N)N)ccc(C)c1S(C)(=O)=O. The molecule has 0 heterocycles. The summed E-state index contributed by atoms with van der Waals surface area (Å²) >= 11 is 0. The van der Waals surface area contributed by atoms with Gasteiger partial charge in [-0.15, -0.1) is 0 Å². The molecular weight excluding hydrogens is 266 g/mol. The Labute approximate surface area is 112 Å². The van der Waals surface area contributed by atoms with Gasteiger partial charge in [0, 0.05) is 11.8 Å². The molecule has 1 amide bonds. The molecule has 0 saturated carbocycles. The van der Waals surface area contributed by atoms with E-state index in [1.54, 1.807) is 19.9 Å². The summed E-state index contributed by atoms with van der Waals surface area (Å²) in [7, 11) is -3.42. The molecule has 0 unspecified atom stereocenters. The van der Waals surface area contributed by atoms with Gasteiger partial charge in [-0.25, -0.2) is 8.42 Å². The van der Waals surface area contributed by atoms with Crippen molar-refractivity contribution in [1.82, 2.24) is 0 Å². The van der Waals surface area contributed by atoms with Crippen molar-refractivity contribution in [2.24, 2.45) is 16.5 Å². The Morgan fingerprint density at radius 1 is 1.32 bits per heavy atom. The molecule has 0 saturated heterocycles. The Hall–Kier alpha value is -1.89. The van der Waals surface area contributed by atoms with Crippen molar-refractivity contribution in [3.05, 3.63) is 28.8 Å². The number of nitrogens with two attached hydrogens (primary N) is 2. The molecule has 0 bridgehead atoms. The summed E-state index contributed by atoms with van der Waals surface area (Å²) in [6.07, 6.45) is 1.51. The number of hydrogen-bond acceptors (Lipinski definition) is 3. The zero-order valence-electron chi connectivity index (χ0n) is 11.1. The van der Waals surface area contributed by atoms with E-state index in [4.69, 9.17) is 11.5 Å². The maximum Gasteiger partial charge on any atom is 0.280 e. The highest BCUT2D eigenvalue weighted by atomic mass is 32.2. The fourth-order valence-corrected chi connectivity index (χ4v) is 3.34. The lowest BCUT2D eigenvalue weighted by Crippen LogP contribution is -2.24. The highest BCUT2D eigenvalue weighted by Gasteiger charge is 2.21. The van der Waals surface area contributed by atoms with E-state index in [1.165, 1.54) is 6.07 Å². The molecule has 0 aromatic heterocycles. The van der Waals surface area contributed by atoms with E-state index in [-0.39, 0.29) is 16.4 Å². The van der Waals surface area contributed by atoms with Crippen LogP contribution in [-0.2, 0) is 16.3 Å². The number of carbonyl (C=O) groups excluding carboxylic acids is 1. The maximum atomic E-state index is 11.9. The first-order chi connectivity index (χ1) is 8.68. The van der Waals surface area contributed by atoms with Crippen LogP contribution in [0.2, 0.25) is 0 Å². The third kappa shape index (κ3) is 3.31.